The minimum atomic E-state index is -3.58. The number of halogens is 1. The molecule has 0 saturated heterocycles. The third-order valence-corrected chi connectivity index (χ3v) is 5.62. The topological polar surface area (TPSA) is 89.5 Å². The fourth-order valence-electron chi connectivity index (χ4n) is 2.90. The Hall–Kier alpha value is -1.60. The predicted octanol–water partition coefficient (Wildman–Crippen LogP) is 2.31. The van der Waals surface area contributed by atoms with Crippen LogP contribution in [-0.4, -0.2) is 43.4 Å². The Morgan fingerprint density at radius 1 is 1.29 bits per heavy atom. The molecule has 132 valence electrons. The van der Waals surface area contributed by atoms with Crippen LogP contribution in [0.3, 0.4) is 0 Å². The van der Waals surface area contributed by atoms with Crippen molar-refractivity contribution in [2.45, 2.75) is 43.1 Å². The summed E-state index contributed by atoms with van der Waals surface area (Å²) in [4.78, 5) is 23.8. The maximum Gasteiger partial charge on any atom is 0.408 e. The molecule has 0 aromatic heterocycles. The van der Waals surface area contributed by atoms with Gasteiger partial charge in [0.2, 0.25) is 0 Å². The van der Waals surface area contributed by atoms with Gasteiger partial charge in [-0.25, -0.2) is 13.2 Å². The summed E-state index contributed by atoms with van der Waals surface area (Å²) < 4.78 is 29.4. The first-order valence-electron chi connectivity index (χ1n) is 7.32. The maximum absolute atomic E-state index is 12.1. The number of hydrogen-bond donors (Lipinski definition) is 1. The first-order valence-corrected chi connectivity index (χ1v) is 9.66. The van der Waals surface area contributed by atoms with Gasteiger partial charge in [0.15, 0.2) is 9.84 Å². The van der Waals surface area contributed by atoms with E-state index in [0.717, 1.165) is 6.26 Å². The Kier molecular flexibility index (Phi) is 4.71. The number of hydrogen-bond acceptors (Lipinski definition) is 5. The van der Waals surface area contributed by atoms with Gasteiger partial charge in [0.25, 0.3) is 0 Å². The van der Waals surface area contributed by atoms with Crippen LogP contribution >= 0.6 is 11.6 Å². The van der Waals surface area contributed by atoms with Crippen molar-refractivity contribution in [3.05, 3.63) is 34.9 Å². The maximum atomic E-state index is 12.1. The number of rotatable bonds is 4. The van der Waals surface area contributed by atoms with Crippen LogP contribution in [0.2, 0.25) is 5.02 Å². The lowest BCUT2D eigenvalue weighted by atomic mass is 10.1. The number of carbonyl (C=O) groups is 2. The minimum absolute atomic E-state index is 0.474. The Morgan fingerprint density at radius 3 is 2.25 bits per heavy atom. The highest BCUT2D eigenvalue weighted by Crippen LogP contribution is 2.54. The van der Waals surface area contributed by atoms with Crippen molar-refractivity contribution < 1.29 is 22.7 Å². The van der Waals surface area contributed by atoms with E-state index in [-0.39, 0.29) is 0 Å². The third kappa shape index (κ3) is 3.72. The predicted molar refractivity (Wildman–Crippen MR) is 91.0 cm³/mol. The molecular formula is C16H20ClNO5S. The SMILES string of the molecule is CC(C)(C)OC(=O)NC1(C=O)C(c2ccc(Cl)cc2)C1S(C)(=O)=O. The van der Waals surface area contributed by atoms with E-state index in [1.807, 2.05) is 0 Å². The molecule has 6 nitrogen and oxygen atoms in total. The smallest absolute Gasteiger partial charge is 0.408 e. The van der Waals surface area contributed by atoms with E-state index < -0.39 is 38.2 Å². The molecule has 0 spiro atoms. The Balaban J connectivity index is 2.36. The summed E-state index contributed by atoms with van der Waals surface area (Å²) in [5.74, 6) is -0.685. The van der Waals surface area contributed by atoms with E-state index in [4.69, 9.17) is 16.3 Å². The molecule has 3 unspecified atom stereocenters. The van der Waals surface area contributed by atoms with Crippen molar-refractivity contribution in [1.29, 1.82) is 0 Å². The minimum Gasteiger partial charge on any atom is -0.444 e. The monoisotopic (exact) mass is 373 g/mol. The van der Waals surface area contributed by atoms with Crippen LogP contribution in [0.15, 0.2) is 24.3 Å². The highest BCUT2D eigenvalue weighted by atomic mass is 35.5. The normalized spacial score (nSPS) is 26.5. The Bertz CT molecular complexity index is 754. The zero-order valence-corrected chi connectivity index (χ0v) is 15.4. The summed E-state index contributed by atoms with van der Waals surface area (Å²) in [6.07, 6.45) is 0.685. The number of aldehydes is 1. The van der Waals surface area contributed by atoms with Crippen LogP contribution in [0.25, 0.3) is 0 Å². The number of ether oxygens (including phenoxy) is 1. The van der Waals surface area contributed by atoms with Crippen LogP contribution in [0.1, 0.15) is 32.3 Å². The summed E-state index contributed by atoms with van der Waals surface area (Å²) in [6.45, 7) is 5.04. The van der Waals surface area contributed by atoms with Crippen molar-refractivity contribution in [2.24, 2.45) is 0 Å². The average Bonchev–Trinajstić information content (AvgIpc) is 3.06. The molecule has 0 heterocycles. The van der Waals surface area contributed by atoms with Crippen molar-refractivity contribution >= 4 is 33.8 Å². The van der Waals surface area contributed by atoms with Crippen molar-refractivity contribution in [3.63, 3.8) is 0 Å². The molecular weight excluding hydrogens is 354 g/mol. The van der Waals surface area contributed by atoms with Crippen LogP contribution in [0.4, 0.5) is 4.79 Å². The molecule has 1 aromatic rings. The highest BCUT2D eigenvalue weighted by Gasteiger charge is 2.71. The molecule has 1 aliphatic rings. The molecule has 0 aliphatic heterocycles. The Morgan fingerprint density at radius 2 is 1.83 bits per heavy atom. The van der Waals surface area contributed by atoms with E-state index in [9.17, 15) is 18.0 Å². The van der Waals surface area contributed by atoms with Crippen molar-refractivity contribution in [1.82, 2.24) is 5.32 Å². The first kappa shape index (κ1) is 18.7. The van der Waals surface area contributed by atoms with Gasteiger partial charge in [-0.15, -0.1) is 0 Å². The molecule has 1 aliphatic carbocycles. The lowest BCUT2D eigenvalue weighted by Gasteiger charge is -2.22. The van der Waals surface area contributed by atoms with E-state index in [1.165, 1.54) is 0 Å². The molecule has 0 bridgehead atoms. The lowest BCUT2D eigenvalue weighted by Crippen LogP contribution is -2.45. The second kappa shape index (κ2) is 6.04. The molecule has 2 rings (SSSR count). The van der Waals surface area contributed by atoms with Crippen molar-refractivity contribution in [3.8, 4) is 0 Å². The lowest BCUT2D eigenvalue weighted by molar-refractivity contribution is -0.110. The highest BCUT2D eigenvalue weighted by molar-refractivity contribution is 7.91. The van der Waals surface area contributed by atoms with Crippen LogP contribution in [0.5, 0.6) is 0 Å². The molecule has 1 N–H and O–H groups in total. The van der Waals surface area contributed by atoms with Crippen LogP contribution < -0.4 is 5.32 Å². The van der Waals surface area contributed by atoms with Gasteiger partial charge in [-0.2, -0.15) is 0 Å². The fourth-order valence-corrected chi connectivity index (χ4v) is 4.79. The van der Waals surface area contributed by atoms with Crippen molar-refractivity contribution in [2.75, 3.05) is 6.26 Å². The molecule has 0 radical (unpaired) electrons. The van der Waals surface area contributed by atoms with E-state index in [0.29, 0.717) is 16.9 Å². The number of benzene rings is 1. The third-order valence-electron chi connectivity index (χ3n) is 3.78. The summed E-state index contributed by atoms with van der Waals surface area (Å²) in [7, 11) is -3.58. The second-order valence-corrected chi connectivity index (χ2v) is 9.56. The Labute approximate surface area is 146 Å². The molecule has 1 aromatic carbocycles. The molecule has 1 amide bonds. The standard InChI is InChI=1S/C16H20ClNO5S/c1-15(2,3)23-14(20)18-16(9-19)12(13(16)24(4,21)22)10-5-7-11(17)8-6-10/h5-9,12-13H,1-4H3,(H,18,20). The fraction of sp³-hybridized carbons (Fsp3) is 0.500. The number of amides is 1. The van der Waals surface area contributed by atoms with Gasteiger partial charge in [0.1, 0.15) is 22.7 Å². The molecule has 8 heteroatoms. The molecule has 3 atom stereocenters. The largest absolute Gasteiger partial charge is 0.444 e. The van der Waals surface area contributed by atoms with E-state index >= 15 is 0 Å². The van der Waals surface area contributed by atoms with Gasteiger partial charge in [-0.05, 0) is 38.5 Å². The van der Waals surface area contributed by atoms with E-state index in [1.54, 1.807) is 45.0 Å². The summed E-state index contributed by atoms with van der Waals surface area (Å²) in [5, 5.41) is 1.90. The van der Waals surface area contributed by atoms with Gasteiger partial charge in [0, 0.05) is 17.2 Å². The number of alkyl carbamates (subject to hydrolysis) is 1. The average molecular weight is 374 g/mol. The van der Waals surface area contributed by atoms with Gasteiger partial charge in [0.05, 0.1) is 0 Å². The van der Waals surface area contributed by atoms with Crippen LogP contribution in [0, 0.1) is 0 Å². The first-order chi connectivity index (χ1) is 10.9. The van der Waals surface area contributed by atoms with E-state index in [2.05, 4.69) is 5.32 Å². The summed E-state index contributed by atoms with van der Waals surface area (Å²) >= 11 is 5.85. The number of nitrogens with one attached hydrogen (secondary N) is 1. The molecule has 24 heavy (non-hydrogen) atoms. The van der Waals surface area contributed by atoms with Gasteiger partial charge in [-0.3, -0.25) is 0 Å². The molecule has 1 fully saturated rings. The van der Waals surface area contributed by atoms with Gasteiger partial charge < -0.3 is 14.8 Å². The van der Waals surface area contributed by atoms with Gasteiger partial charge in [-0.1, -0.05) is 23.7 Å². The quantitative estimate of drug-likeness (QED) is 0.818. The summed E-state index contributed by atoms with van der Waals surface area (Å²) in [5.41, 5.74) is -1.69. The zero-order valence-electron chi connectivity index (χ0n) is 13.9. The molecule has 1 saturated carbocycles. The number of carbonyl (C=O) groups excluding carboxylic acids is 2. The van der Waals surface area contributed by atoms with Gasteiger partial charge >= 0.3 is 6.09 Å². The number of sulfone groups is 1. The zero-order chi connectivity index (χ0) is 18.3. The summed E-state index contributed by atoms with van der Waals surface area (Å²) in [6, 6.07) is 6.51. The van der Waals surface area contributed by atoms with Crippen LogP contribution in [-0.2, 0) is 19.4 Å². The second-order valence-electron chi connectivity index (χ2n) is 6.96.